The van der Waals surface area contributed by atoms with E-state index in [4.69, 9.17) is 0 Å². The molecule has 2 fully saturated rings. The number of amides is 2. The van der Waals surface area contributed by atoms with E-state index in [0.29, 0.717) is 13.0 Å². The van der Waals surface area contributed by atoms with Gasteiger partial charge in [0.25, 0.3) is 0 Å². The number of carboxylic acid groups (broad SMARTS) is 1. The van der Waals surface area contributed by atoms with Crippen LogP contribution in [0.1, 0.15) is 52.9 Å². The van der Waals surface area contributed by atoms with E-state index in [1.54, 1.807) is 0 Å². The topological polar surface area (TPSA) is 69.6 Å². The third kappa shape index (κ3) is 2.69. The maximum Gasteiger partial charge on any atom is 0.407 e. The number of nitrogens with one attached hydrogen (secondary N) is 1. The summed E-state index contributed by atoms with van der Waals surface area (Å²) in [7, 11) is 0. The number of fused-ring (bicyclic) bond motifs is 1. The summed E-state index contributed by atoms with van der Waals surface area (Å²) in [6.07, 6.45) is 3.70. The number of carbonyl (C=O) groups excluding carboxylic acids is 1. The third-order valence-electron chi connectivity index (χ3n) is 4.52. The molecule has 2 aliphatic rings. The quantitative estimate of drug-likeness (QED) is 0.806. The molecule has 19 heavy (non-hydrogen) atoms. The molecule has 0 radical (unpaired) electrons. The Morgan fingerprint density at radius 2 is 2.16 bits per heavy atom. The zero-order chi connectivity index (χ0) is 14.3. The van der Waals surface area contributed by atoms with Crippen molar-refractivity contribution >= 4 is 12.0 Å². The number of nitrogens with zero attached hydrogens (tertiary/aromatic N) is 1. The summed E-state index contributed by atoms with van der Waals surface area (Å²) in [5, 5.41) is 12.5. The molecule has 0 spiro atoms. The average molecular weight is 268 g/mol. The van der Waals surface area contributed by atoms with Crippen LogP contribution in [0, 0.1) is 5.41 Å². The van der Waals surface area contributed by atoms with Gasteiger partial charge in [-0.25, -0.2) is 4.79 Å². The summed E-state index contributed by atoms with van der Waals surface area (Å²) in [6, 6.07) is 0.151. The van der Waals surface area contributed by atoms with Gasteiger partial charge < -0.3 is 15.3 Å². The molecule has 5 heteroatoms. The SMILES string of the molecule is CC(C)(C)N(C[C@@]12CCCC[C@@H]1NC(=O)C2)C(=O)O. The standard InChI is InChI=1S/C14H24N2O3/c1-13(2,3)16(12(18)19)9-14-7-5-4-6-10(14)15-11(17)8-14/h10H,4-9H2,1-3H3,(H,15,17)(H,18,19)/t10-,14-/m0/s1. The lowest BCUT2D eigenvalue weighted by molar-refractivity contribution is -0.119. The van der Waals surface area contributed by atoms with Gasteiger partial charge in [0.15, 0.2) is 0 Å². The molecule has 0 aromatic heterocycles. The van der Waals surface area contributed by atoms with Gasteiger partial charge in [-0.05, 0) is 33.6 Å². The van der Waals surface area contributed by atoms with Gasteiger partial charge in [-0.1, -0.05) is 12.8 Å². The minimum absolute atomic E-state index is 0.0751. The van der Waals surface area contributed by atoms with Crippen LogP contribution in [0.5, 0.6) is 0 Å². The van der Waals surface area contributed by atoms with E-state index in [2.05, 4.69) is 5.32 Å². The van der Waals surface area contributed by atoms with E-state index in [9.17, 15) is 14.7 Å². The number of hydrogen-bond acceptors (Lipinski definition) is 2. The first-order valence-corrected chi connectivity index (χ1v) is 7.05. The predicted octanol–water partition coefficient (Wildman–Crippen LogP) is 2.21. The Balaban J connectivity index is 2.23. The van der Waals surface area contributed by atoms with E-state index in [1.165, 1.54) is 4.90 Å². The average Bonchev–Trinajstić information content (AvgIpc) is 2.60. The van der Waals surface area contributed by atoms with Crippen molar-refractivity contribution < 1.29 is 14.7 Å². The fraction of sp³-hybridized carbons (Fsp3) is 0.857. The highest BCUT2D eigenvalue weighted by molar-refractivity contribution is 5.80. The van der Waals surface area contributed by atoms with Crippen LogP contribution in [0.25, 0.3) is 0 Å². The van der Waals surface area contributed by atoms with Crippen LogP contribution in [0.3, 0.4) is 0 Å². The Morgan fingerprint density at radius 1 is 1.47 bits per heavy atom. The Bertz CT molecular complexity index is 389. The van der Waals surface area contributed by atoms with Gasteiger partial charge >= 0.3 is 6.09 Å². The Kier molecular flexibility index (Phi) is 3.49. The van der Waals surface area contributed by atoms with Crippen molar-refractivity contribution in [1.82, 2.24) is 10.2 Å². The molecular weight excluding hydrogens is 244 g/mol. The van der Waals surface area contributed by atoms with Crippen LogP contribution < -0.4 is 5.32 Å². The molecule has 1 aliphatic carbocycles. The van der Waals surface area contributed by atoms with Gasteiger partial charge in [-0.15, -0.1) is 0 Å². The number of carbonyl (C=O) groups is 2. The van der Waals surface area contributed by atoms with E-state index >= 15 is 0 Å². The Hall–Kier alpha value is -1.26. The van der Waals surface area contributed by atoms with Gasteiger partial charge in [-0.2, -0.15) is 0 Å². The van der Waals surface area contributed by atoms with Crippen molar-refractivity contribution in [2.75, 3.05) is 6.54 Å². The second kappa shape index (κ2) is 4.69. The van der Waals surface area contributed by atoms with Crippen molar-refractivity contribution in [2.24, 2.45) is 5.41 Å². The molecule has 1 saturated heterocycles. The lowest BCUT2D eigenvalue weighted by atomic mass is 9.70. The lowest BCUT2D eigenvalue weighted by Gasteiger charge is -2.44. The minimum Gasteiger partial charge on any atom is -0.465 e. The molecule has 1 heterocycles. The van der Waals surface area contributed by atoms with Gasteiger partial charge in [0.1, 0.15) is 0 Å². The fourth-order valence-corrected chi connectivity index (χ4v) is 3.46. The fourth-order valence-electron chi connectivity index (χ4n) is 3.46. The highest BCUT2D eigenvalue weighted by Gasteiger charge is 2.50. The summed E-state index contributed by atoms with van der Waals surface area (Å²) in [6.45, 7) is 6.16. The molecule has 108 valence electrons. The van der Waals surface area contributed by atoms with Crippen LogP contribution in [0.2, 0.25) is 0 Å². The Labute approximate surface area is 114 Å². The molecule has 5 nitrogen and oxygen atoms in total. The minimum atomic E-state index is -0.898. The summed E-state index contributed by atoms with van der Waals surface area (Å²) < 4.78 is 0. The van der Waals surface area contributed by atoms with E-state index in [0.717, 1.165) is 25.7 Å². The molecule has 2 atom stereocenters. The summed E-state index contributed by atoms with van der Waals surface area (Å²) in [4.78, 5) is 24.7. The molecule has 2 rings (SSSR count). The predicted molar refractivity (Wildman–Crippen MR) is 71.9 cm³/mol. The molecule has 0 unspecified atom stereocenters. The first-order valence-electron chi connectivity index (χ1n) is 7.05. The summed E-state index contributed by atoms with van der Waals surface area (Å²) >= 11 is 0. The van der Waals surface area contributed by atoms with Crippen molar-refractivity contribution in [2.45, 2.75) is 64.5 Å². The van der Waals surface area contributed by atoms with Crippen molar-refractivity contribution in [3.05, 3.63) is 0 Å². The second-order valence-corrected chi connectivity index (χ2v) is 6.94. The van der Waals surface area contributed by atoms with Crippen LogP contribution in [-0.2, 0) is 4.79 Å². The monoisotopic (exact) mass is 268 g/mol. The highest BCUT2D eigenvalue weighted by Crippen LogP contribution is 2.44. The summed E-state index contributed by atoms with van der Waals surface area (Å²) in [5.41, 5.74) is -0.630. The van der Waals surface area contributed by atoms with Crippen molar-refractivity contribution in [1.29, 1.82) is 0 Å². The van der Waals surface area contributed by atoms with Gasteiger partial charge in [0.2, 0.25) is 5.91 Å². The van der Waals surface area contributed by atoms with Gasteiger partial charge in [-0.3, -0.25) is 4.79 Å². The number of hydrogen-bond donors (Lipinski definition) is 2. The van der Waals surface area contributed by atoms with E-state index in [1.807, 2.05) is 20.8 Å². The van der Waals surface area contributed by atoms with E-state index < -0.39 is 11.6 Å². The summed E-state index contributed by atoms with van der Waals surface area (Å²) in [5.74, 6) is 0.0751. The zero-order valence-corrected chi connectivity index (χ0v) is 12.0. The first kappa shape index (κ1) is 14.2. The molecule has 0 aromatic carbocycles. The third-order valence-corrected chi connectivity index (χ3v) is 4.52. The lowest BCUT2D eigenvalue weighted by Crippen LogP contribution is -2.54. The molecule has 0 aromatic rings. The van der Waals surface area contributed by atoms with Crippen LogP contribution in [-0.4, -0.2) is 40.1 Å². The largest absolute Gasteiger partial charge is 0.465 e. The van der Waals surface area contributed by atoms with Crippen LogP contribution in [0.4, 0.5) is 4.79 Å². The Morgan fingerprint density at radius 3 is 2.74 bits per heavy atom. The molecule has 2 N–H and O–H groups in total. The molecular formula is C14H24N2O3. The molecule has 1 aliphatic heterocycles. The number of rotatable bonds is 2. The second-order valence-electron chi connectivity index (χ2n) is 6.94. The normalized spacial score (nSPS) is 30.7. The first-order chi connectivity index (χ1) is 8.74. The van der Waals surface area contributed by atoms with Crippen LogP contribution >= 0.6 is 0 Å². The maximum absolute atomic E-state index is 11.7. The zero-order valence-electron chi connectivity index (χ0n) is 12.0. The molecule has 2 amide bonds. The van der Waals surface area contributed by atoms with Crippen molar-refractivity contribution in [3.63, 3.8) is 0 Å². The van der Waals surface area contributed by atoms with Crippen molar-refractivity contribution in [3.8, 4) is 0 Å². The maximum atomic E-state index is 11.7. The molecule has 1 saturated carbocycles. The van der Waals surface area contributed by atoms with Gasteiger partial charge in [0, 0.05) is 30.0 Å². The highest BCUT2D eigenvalue weighted by atomic mass is 16.4. The molecule has 0 bridgehead atoms. The van der Waals surface area contributed by atoms with Crippen LogP contribution in [0.15, 0.2) is 0 Å². The van der Waals surface area contributed by atoms with Gasteiger partial charge in [0.05, 0.1) is 0 Å². The smallest absolute Gasteiger partial charge is 0.407 e. The van der Waals surface area contributed by atoms with E-state index in [-0.39, 0.29) is 17.4 Å².